The second kappa shape index (κ2) is 6.35. The first-order valence-corrected chi connectivity index (χ1v) is 5.40. The highest BCUT2D eigenvalue weighted by molar-refractivity contribution is 5.42. The second-order valence-electron chi connectivity index (χ2n) is 3.65. The van der Waals surface area contributed by atoms with E-state index < -0.39 is 0 Å². The van der Waals surface area contributed by atoms with Gasteiger partial charge in [0.25, 0.3) is 0 Å². The number of ether oxygens (including phenoxy) is 2. The normalized spacial score (nSPS) is 12.2. The van der Waals surface area contributed by atoms with Gasteiger partial charge < -0.3 is 20.9 Å². The molecule has 4 N–H and O–H groups in total. The van der Waals surface area contributed by atoms with Gasteiger partial charge in [0.1, 0.15) is 11.5 Å². The van der Waals surface area contributed by atoms with Gasteiger partial charge in [0.15, 0.2) is 0 Å². The van der Waals surface area contributed by atoms with E-state index >= 15 is 0 Å². The fourth-order valence-corrected chi connectivity index (χ4v) is 1.62. The average Bonchev–Trinajstić information content (AvgIpc) is 2.34. The molecule has 4 nitrogen and oxygen atoms in total. The molecule has 1 aromatic rings. The van der Waals surface area contributed by atoms with Gasteiger partial charge in [-0.3, -0.25) is 0 Å². The molecule has 4 heteroatoms. The van der Waals surface area contributed by atoms with Crippen LogP contribution in [0.1, 0.15) is 24.4 Å². The maximum atomic E-state index is 6.07. The fraction of sp³-hybridized carbons (Fsp3) is 0.500. The summed E-state index contributed by atoms with van der Waals surface area (Å²) >= 11 is 0. The molecule has 0 saturated carbocycles. The lowest BCUT2D eigenvalue weighted by molar-refractivity contribution is 0.387. The summed E-state index contributed by atoms with van der Waals surface area (Å²) in [5, 5.41) is 0. The molecule has 0 aromatic heterocycles. The van der Waals surface area contributed by atoms with Crippen LogP contribution in [0, 0.1) is 0 Å². The van der Waals surface area contributed by atoms with Gasteiger partial charge in [-0.05, 0) is 25.5 Å². The third kappa shape index (κ3) is 3.12. The SMILES string of the molecule is COc1ccc([C@@H](N)CCCN)c(OC)c1. The van der Waals surface area contributed by atoms with Gasteiger partial charge in [-0.15, -0.1) is 0 Å². The van der Waals surface area contributed by atoms with Crippen molar-refractivity contribution in [2.24, 2.45) is 11.5 Å². The third-order valence-corrected chi connectivity index (χ3v) is 2.56. The molecule has 1 aromatic carbocycles. The van der Waals surface area contributed by atoms with Crippen LogP contribution in [-0.4, -0.2) is 20.8 Å². The van der Waals surface area contributed by atoms with Gasteiger partial charge in [0, 0.05) is 17.7 Å². The minimum Gasteiger partial charge on any atom is -0.497 e. The van der Waals surface area contributed by atoms with Crippen LogP contribution in [0.5, 0.6) is 11.5 Å². The summed E-state index contributed by atoms with van der Waals surface area (Å²) in [7, 11) is 3.26. The lowest BCUT2D eigenvalue weighted by Gasteiger charge is -2.16. The van der Waals surface area contributed by atoms with Crippen LogP contribution in [0.3, 0.4) is 0 Å². The summed E-state index contributed by atoms with van der Waals surface area (Å²) in [5.74, 6) is 1.54. The van der Waals surface area contributed by atoms with Gasteiger partial charge in [-0.2, -0.15) is 0 Å². The summed E-state index contributed by atoms with van der Waals surface area (Å²) in [6.07, 6.45) is 1.77. The van der Waals surface area contributed by atoms with Gasteiger partial charge >= 0.3 is 0 Å². The molecule has 0 fully saturated rings. The molecular weight excluding hydrogens is 204 g/mol. The predicted molar refractivity (Wildman–Crippen MR) is 64.8 cm³/mol. The van der Waals surface area contributed by atoms with E-state index in [1.54, 1.807) is 14.2 Å². The van der Waals surface area contributed by atoms with E-state index in [1.807, 2.05) is 18.2 Å². The minimum atomic E-state index is -0.0376. The van der Waals surface area contributed by atoms with Gasteiger partial charge in [0.05, 0.1) is 14.2 Å². The predicted octanol–water partition coefficient (Wildman–Crippen LogP) is 1.44. The first-order valence-electron chi connectivity index (χ1n) is 5.40. The van der Waals surface area contributed by atoms with Crippen LogP contribution >= 0.6 is 0 Å². The number of hydrogen-bond acceptors (Lipinski definition) is 4. The standard InChI is InChI=1S/C12H20N2O2/c1-15-9-5-6-10(12(8-9)16-2)11(14)4-3-7-13/h5-6,8,11H,3-4,7,13-14H2,1-2H3/t11-/m0/s1. The smallest absolute Gasteiger partial charge is 0.127 e. The highest BCUT2D eigenvalue weighted by Gasteiger charge is 2.12. The molecule has 0 heterocycles. The van der Waals surface area contributed by atoms with Crippen LogP contribution in [-0.2, 0) is 0 Å². The van der Waals surface area contributed by atoms with Crippen molar-refractivity contribution < 1.29 is 9.47 Å². The molecule has 1 atom stereocenters. The van der Waals surface area contributed by atoms with E-state index in [2.05, 4.69) is 0 Å². The highest BCUT2D eigenvalue weighted by Crippen LogP contribution is 2.30. The zero-order chi connectivity index (χ0) is 12.0. The molecule has 0 unspecified atom stereocenters. The zero-order valence-corrected chi connectivity index (χ0v) is 9.90. The van der Waals surface area contributed by atoms with Crippen LogP contribution < -0.4 is 20.9 Å². The first kappa shape index (κ1) is 12.8. The van der Waals surface area contributed by atoms with Crippen molar-refractivity contribution in [2.75, 3.05) is 20.8 Å². The maximum Gasteiger partial charge on any atom is 0.127 e. The molecule has 0 aliphatic carbocycles. The third-order valence-electron chi connectivity index (χ3n) is 2.56. The molecule has 0 amide bonds. The van der Waals surface area contributed by atoms with Crippen LogP contribution in [0.25, 0.3) is 0 Å². The highest BCUT2D eigenvalue weighted by atomic mass is 16.5. The Morgan fingerprint density at radius 3 is 2.56 bits per heavy atom. The molecule has 0 aliphatic heterocycles. The number of rotatable bonds is 6. The summed E-state index contributed by atoms with van der Waals surface area (Å²) < 4.78 is 10.4. The van der Waals surface area contributed by atoms with E-state index in [1.165, 1.54) is 0 Å². The number of hydrogen-bond donors (Lipinski definition) is 2. The van der Waals surface area contributed by atoms with Crippen molar-refractivity contribution in [3.8, 4) is 11.5 Å². The lowest BCUT2D eigenvalue weighted by Crippen LogP contribution is -2.13. The molecule has 0 bridgehead atoms. The maximum absolute atomic E-state index is 6.07. The summed E-state index contributed by atoms with van der Waals surface area (Å²) in [4.78, 5) is 0. The molecule has 0 saturated heterocycles. The van der Waals surface area contributed by atoms with Crippen molar-refractivity contribution in [1.82, 2.24) is 0 Å². The second-order valence-corrected chi connectivity index (χ2v) is 3.65. The summed E-state index contributed by atoms with van der Waals surface area (Å²) in [6.45, 7) is 0.659. The Kier molecular flexibility index (Phi) is 5.08. The zero-order valence-electron chi connectivity index (χ0n) is 9.90. The van der Waals surface area contributed by atoms with Crippen molar-refractivity contribution in [3.63, 3.8) is 0 Å². The largest absolute Gasteiger partial charge is 0.497 e. The van der Waals surface area contributed by atoms with E-state index in [9.17, 15) is 0 Å². The van der Waals surface area contributed by atoms with Crippen molar-refractivity contribution in [3.05, 3.63) is 23.8 Å². The number of methoxy groups -OCH3 is 2. The van der Waals surface area contributed by atoms with Crippen LogP contribution in [0.15, 0.2) is 18.2 Å². The molecule has 90 valence electrons. The number of benzene rings is 1. The average molecular weight is 224 g/mol. The molecule has 16 heavy (non-hydrogen) atoms. The number of nitrogens with two attached hydrogens (primary N) is 2. The topological polar surface area (TPSA) is 70.5 Å². The molecule has 0 aliphatic rings. The fourth-order valence-electron chi connectivity index (χ4n) is 1.62. The Labute approximate surface area is 96.5 Å². The van der Waals surface area contributed by atoms with Crippen molar-refractivity contribution in [1.29, 1.82) is 0 Å². The van der Waals surface area contributed by atoms with Crippen molar-refractivity contribution >= 4 is 0 Å². The monoisotopic (exact) mass is 224 g/mol. The van der Waals surface area contributed by atoms with E-state index in [-0.39, 0.29) is 6.04 Å². The summed E-state index contributed by atoms with van der Waals surface area (Å²) in [5.41, 5.74) is 12.5. The van der Waals surface area contributed by atoms with Gasteiger partial charge in [-0.1, -0.05) is 6.07 Å². The van der Waals surface area contributed by atoms with E-state index in [0.717, 1.165) is 29.9 Å². The lowest BCUT2D eigenvalue weighted by atomic mass is 10.0. The Morgan fingerprint density at radius 2 is 2.00 bits per heavy atom. The molecular formula is C12H20N2O2. The molecule has 0 radical (unpaired) electrons. The molecule has 0 spiro atoms. The van der Waals surface area contributed by atoms with Crippen LogP contribution in [0.2, 0.25) is 0 Å². The summed E-state index contributed by atoms with van der Waals surface area (Å²) in [6, 6.07) is 5.64. The molecule has 1 rings (SSSR count). The van der Waals surface area contributed by atoms with E-state index in [4.69, 9.17) is 20.9 Å². The Hall–Kier alpha value is -1.26. The minimum absolute atomic E-state index is 0.0376. The Bertz CT molecular complexity index is 329. The Morgan fingerprint density at radius 1 is 1.25 bits per heavy atom. The van der Waals surface area contributed by atoms with Gasteiger partial charge in [-0.25, -0.2) is 0 Å². The van der Waals surface area contributed by atoms with Gasteiger partial charge in [0.2, 0.25) is 0 Å². The quantitative estimate of drug-likeness (QED) is 0.767. The van der Waals surface area contributed by atoms with Crippen LogP contribution in [0.4, 0.5) is 0 Å². The first-order chi connectivity index (χ1) is 7.72. The van der Waals surface area contributed by atoms with Crippen molar-refractivity contribution in [2.45, 2.75) is 18.9 Å². The Balaban J connectivity index is 2.85. The van der Waals surface area contributed by atoms with E-state index in [0.29, 0.717) is 6.54 Å².